The molecule has 0 atom stereocenters. The van der Waals surface area contributed by atoms with E-state index in [1.54, 1.807) is 0 Å². The van der Waals surface area contributed by atoms with E-state index in [0.29, 0.717) is 12.1 Å². The minimum atomic E-state index is 0.289. The van der Waals surface area contributed by atoms with Crippen molar-refractivity contribution < 1.29 is 4.79 Å². The predicted molar refractivity (Wildman–Crippen MR) is 91.1 cm³/mol. The van der Waals surface area contributed by atoms with E-state index in [1.807, 2.05) is 18.2 Å². The number of benzene rings is 1. The SMILES string of the molecule is Cc1ccccc1C(=O)N(C1CCCCC1)C1CCCCC1. The number of amides is 1. The van der Waals surface area contributed by atoms with Crippen LogP contribution in [-0.4, -0.2) is 22.9 Å². The Kier molecular flexibility index (Phi) is 5.17. The van der Waals surface area contributed by atoms with E-state index in [1.165, 1.54) is 64.2 Å². The lowest BCUT2D eigenvalue weighted by atomic mass is 9.88. The summed E-state index contributed by atoms with van der Waals surface area (Å²) in [6.45, 7) is 2.06. The van der Waals surface area contributed by atoms with Gasteiger partial charge in [0, 0.05) is 17.6 Å². The van der Waals surface area contributed by atoms with Gasteiger partial charge in [-0.3, -0.25) is 4.79 Å². The quantitative estimate of drug-likeness (QED) is 0.760. The van der Waals surface area contributed by atoms with Crippen molar-refractivity contribution in [2.24, 2.45) is 0 Å². The van der Waals surface area contributed by atoms with Gasteiger partial charge in [-0.15, -0.1) is 0 Å². The summed E-state index contributed by atoms with van der Waals surface area (Å²) in [7, 11) is 0. The van der Waals surface area contributed by atoms with Crippen LogP contribution in [0.3, 0.4) is 0 Å². The lowest BCUT2D eigenvalue weighted by Crippen LogP contribution is -2.49. The van der Waals surface area contributed by atoms with Gasteiger partial charge in [0.25, 0.3) is 5.91 Å². The highest BCUT2D eigenvalue weighted by Gasteiger charge is 2.33. The number of aryl methyl sites for hydroxylation is 1. The molecule has 0 heterocycles. The van der Waals surface area contributed by atoms with Crippen LogP contribution < -0.4 is 0 Å². The van der Waals surface area contributed by atoms with Crippen LogP contribution in [0.15, 0.2) is 24.3 Å². The Bertz CT molecular complexity index is 480. The molecule has 2 saturated carbocycles. The molecule has 0 spiro atoms. The first-order chi connectivity index (χ1) is 10.8. The van der Waals surface area contributed by atoms with Gasteiger partial charge in [0.2, 0.25) is 0 Å². The van der Waals surface area contributed by atoms with Gasteiger partial charge in [-0.2, -0.15) is 0 Å². The summed E-state index contributed by atoms with van der Waals surface area (Å²) in [5.41, 5.74) is 2.03. The Morgan fingerprint density at radius 2 is 1.36 bits per heavy atom. The van der Waals surface area contributed by atoms with E-state index >= 15 is 0 Å². The van der Waals surface area contributed by atoms with Crippen molar-refractivity contribution in [3.05, 3.63) is 35.4 Å². The molecule has 2 heteroatoms. The summed E-state index contributed by atoms with van der Waals surface area (Å²) in [6, 6.07) is 9.05. The summed E-state index contributed by atoms with van der Waals surface area (Å²) >= 11 is 0. The maximum atomic E-state index is 13.3. The first kappa shape index (κ1) is 15.6. The third kappa shape index (κ3) is 3.37. The zero-order valence-electron chi connectivity index (χ0n) is 13.9. The van der Waals surface area contributed by atoms with Crippen molar-refractivity contribution in [2.75, 3.05) is 0 Å². The van der Waals surface area contributed by atoms with Crippen molar-refractivity contribution in [1.82, 2.24) is 4.90 Å². The Morgan fingerprint density at radius 3 is 1.86 bits per heavy atom. The average molecular weight is 299 g/mol. The molecule has 0 saturated heterocycles. The topological polar surface area (TPSA) is 20.3 Å². The smallest absolute Gasteiger partial charge is 0.254 e. The molecular weight excluding hydrogens is 270 g/mol. The van der Waals surface area contributed by atoms with Gasteiger partial charge in [-0.05, 0) is 44.2 Å². The van der Waals surface area contributed by atoms with Crippen molar-refractivity contribution >= 4 is 5.91 Å². The first-order valence-electron chi connectivity index (χ1n) is 9.15. The van der Waals surface area contributed by atoms with E-state index in [4.69, 9.17) is 0 Å². The van der Waals surface area contributed by atoms with Gasteiger partial charge >= 0.3 is 0 Å². The van der Waals surface area contributed by atoms with Crippen LogP contribution in [0.2, 0.25) is 0 Å². The number of hydrogen-bond acceptors (Lipinski definition) is 1. The Balaban J connectivity index is 1.86. The molecule has 1 amide bonds. The maximum Gasteiger partial charge on any atom is 0.254 e. The van der Waals surface area contributed by atoms with E-state index in [9.17, 15) is 4.79 Å². The highest BCUT2D eigenvalue weighted by atomic mass is 16.2. The van der Waals surface area contributed by atoms with E-state index < -0.39 is 0 Å². The molecule has 22 heavy (non-hydrogen) atoms. The highest BCUT2D eigenvalue weighted by molar-refractivity contribution is 5.96. The molecule has 0 aromatic heterocycles. The summed E-state index contributed by atoms with van der Waals surface area (Å²) in [5, 5.41) is 0. The molecule has 0 unspecified atom stereocenters. The van der Waals surface area contributed by atoms with Crippen molar-refractivity contribution in [2.45, 2.75) is 83.2 Å². The van der Waals surface area contributed by atoms with E-state index in [2.05, 4.69) is 17.9 Å². The lowest BCUT2D eigenvalue weighted by molar-refractivity contribution is 0.0448. The first-order valence-corrected chi connectivity index (χ1v) is 9.15. The molecule has 0 aliphatic heterocycles. The molecule has 1 aromatic carbocycles. The van der Waals surface area contributed by atoms with Gasteiger partial charge < -0.3 is 4.90 Å². The third-order valence-electron chi connectivity index (χ3n) is 5.55. The normalized spacial score (nSPS) is 20.8. The fourth-order valence-corrected chi connectivity index (χ4v) is 4.30. The van der Waals surface area contributed by atoms with Crippen LogP contribution >= 0.6 is 0 Å². The van der Waals surface area contributed by atoms with Crippen LogP contribution in [0.1, 0.15) is 80.1 Å². The second-order valence-electron chi connectivity index (χ2n) is 7.11. The Hall–Kier alpha value is -1.31. The van der Waals surface area contributed by atoms with Crippen LogP contribution in [0.5, 0.6) is 0 Å². The molecule has 120 valence electrons. The molecule has 0 radical (unpaired) electrons. The molecular formula is C20H29NO. The van der Waals surface area contributed by atoms with Crippen LogP contribution in [0.4, 0.5) is 0 Å². The summed E-state index contributed by atoms with van der Waals surface area (Å²) in [4.78, 5) is 15.6. The van der Waals surface area contributed by atoms with E-state index in [0.717, 1.165) is 11.1 Å². The fraction of sp³-hybridized carbons (Fsp3) is 0.650. The molecule has 2 fully saturated rings. The zero-order valence-corrected chi connectivity index (χ0v) is 13.9. The molecule has 2 aliphatic rings. The third-order valence-corrected chi connectivity index (χ3v) is 5.55. The Labute approximate surface area is 134 Å². The zero-order chi connectivity index (χ0) is 15.4. The molecule has 2 aliphatic carbocycles. The standard InChI is InChI=1S/C20H29NO/c1-16-10-8-9-15-19(16)20(22)21(17-11-4-2-5-12-17)18-13-6-3-7-14-18/h8-10,15,17-18H,2-7,11-14H2,1H3. The minimum absolute atomic E-state index is 0.289. The molecule has 0 N–H and O–H groups in total. The molecule has 2 nitrogen and oxygen atoms in total. The highest BCUT2D eigenvalue weighted by Crippen LogP contribution is 2.31. The van der Waals surface area contributed by atoms with Crippen molar-refractivity contribution in [1.29, 1.82) is 0 Å². The van der Waals surface area contributed by atoms with Crippen molar-refractivity contribution in [3.63, 3.8) is 0 Å². The average Bonchev–Trinajstić information content (AvgIpc) is 2.57. The second kappa shape index (κ2) is 7.30. The maximum absolute atomic E-state index is 13.3. The molecule has 0 bridgehead atoms. The number of rotatable bonds is 3. The van der Waals surface area contributed by atoms with Gasteiger partial charge in [-0.25, -0.2) is 0 Å². The second-order valence-corrected chi connectivity index (χ2v) is 7.11. The molecule has 3 rings (SSSR count). The Morgan fingerprint density at radius 1 is 0.864 bits per heavy atom. The summed E-state index contributed by atoms with van der Waals surface area (Å²) < 4.78 is 0. The van der Waals surface area contributed by atoms with Gasteiger partial charge in [0.1, 0.15) is 0 Å². The largest absolute Gasteiger partial charge is 0.333 e. The van der Waals surface area contributed by atoms with Gasteiger partial charge in [-0.1, -0.05) is 56.7 Å². The van der Waals surface area contributed by atoms with Crippen molar-refractivity contribution in [3.8, 4) is 0 Å². The number of hydrogen-bond donors (Lipinski definition) is 0. The van der Waals surface area contributed by atoms with Crippen LogP contribution in [-0.2, 0) is 0 Å². The number of carbonyl (C=O) groups excluding carboxylic acids is 1. The minimum Gasteiger partial charge on any atom is -0.333 e. The summed E-state index contributed by atoms with van der Waals surface area (Å²) in [6.07, 6.45) is 12.6. The van der Waals surface area contributed by atoms with Gasteiger partial charge in [0.05, 0.1) is 0 Å². The number of carbonyl (C=O) groups is 1. The van der Waals surface area contributed by atoms with Crippen LogP contribution in [0, 0.1) is 6.92 Å². The van der Waals surface area contributed by atoms with Crippen LogP contribution in [0.25, 0.3) is 0 Å². The molecule has 1 aromatic rings. The lowest BCUT2D eigenvalue weighted by Gasteiger charge is -2.42. The number of nitrogens with zero attached hydrogens (tertiary/aromatic N) is 1. The summed E-state index contributed by atoms with van der Waals surface area (Å²) in [5.74, 6) is 0.289. The predicted octanol–water partition coefficient (Wildman–Crippen LogP) is 5.10. The van der Waals surface area contributed by atoms with E-state index in [-0.39, 0.29) is 5.91 Å². The fourth-order valence-electron chi connectivity index (χ4n) is 4.30. The monoisotopic (exact) mass is 299 g/mol. The van der Waals surface area contributed by atoms with Gasteiger partial charge in [0.15, 0.2) is 0 Å².